The maximum Gasteiger partial charge on any atom is 0.138 e. The number of aromatic amines is 1. The highest BCUT2D eigenvalue weighted by molar-refractivity contribution is 5.81. The first-order valence-electron chi connectivity index (χ1n) is 7.78. The topological polar surface area (TPSA) is 28.7 Å². The molecule has 0 aliphatic heterocycles. The van der Waals surface area contributed by atoms with E-state index in [0.29, 0.717) is 0 Å². The first-order valence-corrected chi connectivity index (χ1v) is 7.78. The molecule has 0 unspecified atom stereocenters. The smallest absolute Gasteiger partial charge is 0.138 e. The van der Waals surface area contributed by atoms with E-state index in [1.54, 1.807) is 12.1 Å². The van der Waals surface area contributed by atoms with Crippen molar-refractivity contribution in [2.75, 3.05) is 0 Å². The van der Waals surface area contributed by atoms with E-state index in [-0.39, 0.29) is 5.82 Å². The maximum absolute atomic E-state index is 13.3. The molecule has 0 amide bonds. The van der Waals surface area contributed by atoms with Crippen molar-refractivity contribution < 1.29 is 4.39 Å². The van der Waals surface area contributed by atoms with Gasteiger partial charge in [-0.1, -0.05) is 60.7 Å². The van der Waals surface area contributed by atoms with Crippen LogP contribution in [0.25, 0.3) is 33.9 Å². The highest BCUT2D eigenvalue weighted by atomic mass is 19.1. The van der Waals surface area contributed by atoms with Crippen molar-refractivity contribution in [2.24, 2.45) is 0 Å². The van der Waals surface area contributed by atoms with Crippen molar-refractivity contribution in [2.45, 2.75) is 0 Å². The Labute approximate surface area is 139 Å². The van der Waals surface area contributed by atoms with E-state index in [1.807, 2.05) is 60.7 Å². The zero-order valence-electron chi connectivity index (χ0n) is 12.9. The number of aromatic nitrogens is 2. The van der Waals surface area contributed by atoms with Crippen LogP contribution in [-0.2, 0) is 0 Å². The molecule has 0 radical (unpaired) electrons. The molecule has 1 heterocycles. The second-order valence-corrected chi connectivity index (χ2v) is 5.55. The first kappa shape index (κ1) is 14.4. The minimum atomic E-state index is -0.247. The minimum absolute atomic E-state index is 0.247. The fourth-order valence-electron chi connectivity index (χ4n) is 2.74. The molecular formula is C21H15FN2. The third-order valence-corrected chi connectivity index (χ3v) is 3.93. The summed E-state index contributed by atoms with van der Waals surface area (Å²) in [6, 6.07) is 26.4. The molecule has 0 aliphatic carbocycles. The third-order valence-electron chi connectivity index (χ3n) is 3.93. The molecule has 1 aromatic heterocycles. The van der Waals surface area contributed by atoms with Crippen LogP contribution in [0.2, 0.25) is 0 Å². The molecule has 0 fully saturated rings. The molecule has 4 aromatic rings. The molecule has 3 aromatic carbocycles. The van der Waals surface area contributed by atoms with E-state index in [9.17, 15) is 4.39 Å². The summed E-state index contributed by atoms with van der Waals surface area (Å²) in [6.07, 6.45) is 0. The van der Waals surface area contributed by atoms with Crippen LogP contribution in [0.4, 0.5) is 4.39 Å². The molecule has 0 bridgehead atoms. The Bertz CT molecular complexity index is 942. The minimum Gasteiger partial charge on any atom is -0.337 e. The van der Waals surface area contributed by atoms with Gasteiger partial charge in [0.1, 0.15) is 11.6 Å². The summed E-state index contributed by atoms with van der Waals surface area (Å²) in [5, 5.41) is 0. The summed E-state index contributed by atoms with van der Waals surface area (Å²) < 4.78 is 13.3. The van der Waals surface area contributed by atoms with Crippen LogP contribution in [0.15, 0.2) is 84.9 Å². The lowest BCUT2D eigenvalue weighted by molar-refractivity contribution is 0.628. The molecule has 0 saturated heterocycles. The largest absolute Gasteiger partial charge is 0.337 e. The number of hydrogen-bond acceptors (Lipinski definition) is 1. The van der Waals surface area contributed by atoms with Gasteiger partial charge in [-0.25, -0.2) is 9.37 Å². The van der Waals surface area contributed by atoms with Gasteiger partial charge in [0.25, 0.3) is 0 Å². The normalized spacial score (nSPS) is 10.7. The standard InChI is InChI=1S/C21H15FN2/c22-18-13-11-16(12-14-18)20-19(15-7-3-1-4-8-15)23-21(24-20)17-9-5-2-6-10-17/h1-14H,(H,23,24). The Morgan fingerprint density at radius 2 is 1.21 bits per heavy atom. The van der Waals surface area contributed by atoms with Gasteiger partial charge in [-0.15, -0.1) is 0 Å². The van der Waals surface area contributed by atoms with E-state index in [2.05, 4.69) is 4.98 Å². The zero-order chi connectivity index (χ0) is 16.4. The van der Waals surface area contributed by atoms with Gasteiger partial charge >= 0.3 is 0 Å². The molecule has 2 nitrogen and oxygen atoms in total. The van der Waals surface area contributed by atoms with Crippen molar-refractivity contribution in [3.8, 4) is 33.9 Å². The fourth-order valence-corrected chi connectivity index (χ4v) is 2.74. The monoisotopic (exact) mass is 314 g/mol. The number of nitrogens with one attached hydrogen (secondary N) is 1. The molecule has 0 atom stereocenters. The Hall–Kier alpha value is -3.20. The van der Waals surface area contributed by atoms with Crippen LogP contribution in [0, 0.1) is 5.82 Å². The number of halogens is 1. The van der Waals surface area contributed by atoms with Crippen LogP contribution in [0.1, 0.15) is 0 Å². The predicted molar refractivity (Wildman–Crippen MR) is 94.9 cm³/mol. The second-order valence-electron chi connectivity index (χ2n) is 5.55. The quantitative estimate of drug-likeness (QED) is 0.527. The molecular weight excluding hydrogens is 299 g/mol. The van der Waals surface area contributed by atoms with Crippen LogP contribution in [-0.4, -0.2) is 9.97 Å². The molecule has 0 saturated carbocycles. The zero-order valence-corrected chi connectivity index (χ0v) is 12.9. The number of nitrogens with zero attached hydrogens (tertiary/aromatic N) is 1. The number of H-pyrrole nitrogens is 1. The second kappa shape index (κ2) is 6.13. The third kappa shape index (κ3) is 2.72. The van der Waals surface area contributed by atoms with Crippen molar-refractivity contribution in [3.63, 3.8) is 0 Å². The molecule has 0 spiro atoms. The van der Waals surface area contributed by atoms with Crippen LogP contribution < -0.4 is 0 Å². The van der Waals surface area contributed by atoms with Crippen LogP contribution >= 0.6 is 0 Å². The summed E-state index contributed by atoms with van der Waals surface area (Å²) in [6.45, 7) is 0. The van der Waals surface area contributed by atoms with Gasteiger partial charge in [-0.2, -0.15) is 0 Å². The highest BCUT2D eigenvalue weighted by Gasteiger charge is 2.15. The van der Waals surface area contributed by atoms with Crippen LogP contribution in [0.5, 0.6) is 0 Å². The number of imidazole rings is 1. The maximum atomic E-state index is 13.3. The van der Waals surface area contributed by atoms with E-state index in [4.69, 9.17) is 4.98 Å². The van der Waals surface area contributed by atoms with Gasteiger partial charge in [-0.3, -0.25) is 0 Å². The van der Waals surface area contributed by atoms with Crippen molar-refractivity contribution in [3.05, 3.63) is 90.7 Å². The molecule has 4 rings (SSSR count). The van der Waals surface area contributed by atoms with E-state index in [0.717, 1.165) is 33.9 Å². The molecule has 3 heteroatoms. The highest BCUT2D eigenvalue weighted by Crippen LogP contribution is 2.32. The van der Waals surface area contributed by atoms with Crippen molar-refractivity contribution >= 4 is 0 Å². The lowest BCUT2D eigenvalue weighted by Crippen LogP contribution is -1.84. The van der Waals surface area contributed by atoms with Crippen LogP contribution in [0.3, 0.4) is 0 Å². The van der Waals surface area contributed by atoms with Crippen molar-refractivity contribution in [1.29, 1.82) is 0 Å². The SMILES string of the molecule is Fc1ccc(-c2[nH]c(-c3ccccc3)nc2-c2ccccc2)cc1. The number of rotatable bonds is 3. The molecule has 1 N–H and O–H groups in total. The van der Waals surface area contributed by atoms with Gasteiger partial charge < -0.3 is 4.98 Å². The Balaban J connectivity index is 1.90. The Kier molecular flexibility index (Phi) is 3.67. The summed E-state index contributed by atoms with van der Waals surface area (Å²) in [7, 11) is 0. The van der Waals surface area contributed by atoms with E-state index < -0.39 is 0 Å². The Morgan fingerprint density at radius 3 is 1.83 bits per heavy atom. The number of hydrogen-bond donors (Lipinski definition) is 1. The van der Waals surface area contributed by atoms with Gasteiger partial charge in [0, 0.05) is 16.7 Å². The van der Waals surface area contributed by atoms with Gasteiger partial charge in [0.15, 0.2) is 0 Å². The molecule has 116 valence electrons. The van der Waals surface area contributed by atoms with Gasteiger partial charge in [-0.05, 0) is 24.3 Å². The summed E-state index contributed by atoms with van der Waals surface area (Å²) in [5.41, 5.74) is 4.70. The first-order chi connectivity index (χ1) is 11.8. The Morgan fingerprint density at radius 1 is 0.625 bits per heavy atom. The summed E-state index contributed by atoms with van der Waals surface area (Å²) >= 11 is 0. The average Bonchev–Trinajstić information content (AvgIpc) is 3.09. The van der Waals surface area contributed by atoms with Crippen molar-refractivity contribution in [1.82, 2.24) is 9.97 Å². The lowest BCUT2D eigenvalue weighted by atomic mass is 10.1. The molecule has 0 aliphatic rings. The van der Waals surface area contributed by atoms with Gasteiger partial charge in [0.05, 0.1) is 11.4 Å². The fraction of sp³-hybridized carbons (Fsp3) is 0. The number of benzene rings is 3. The van der Waals surface area contributed by atoms with E-state index in [1.165, 1.54) is 12.1 Å². The lowest BCUT2D eigenvalue weighted by Gasteiger charge is -2.03. The molecule has 24 heavy (non-hydrogen) atoms. The van der Waals surface area contributed by atoms with Gasteiger partial charge in [0.2, 0.25) is 0 Å². The predicted octanol–water partition coefficient (Wildman–Crippen LogP) is 5.55. The van der Waals surface area contributed by atoms with E-state index >= 15 is 0 Å². The summed E-state index contributed by atoms with van der Waals surface area (Å²) in [4.78, 5) is 8.20. The summed E-state index contributed by atoms with van der Waals surface area (Å²) in [5.74, 6) is 0.552. The average molecular weight is 314 g/mol.